The second-order valence-corrected chi connectivity index (χ2v) is 6.78. The number of ether oxygens (including phenoxy) is 2. The van der Waals surface area contributed by atoms with Gasteiger partial charge < -0.3 is 19.7 Å². The van der Waals surface area contributed by atoms with Crippen LogP contribution in [0.4, 0.5) is 14.5 Å². The fraction of sp³-hybridized carbons (Fsp3) is 0.333. The van der Waals surface area contributed by atoms with Crippen LogP contribution in [-0.2, 0) is 9.59 Å². The fourth-order valence-electron chi connectivity index (χ4n) is 3.27. The van der Waals surface area contributed by atoms with Crippen molar-refractivity contribution in [1.82, 2.24) is 5.32 Å². The van der Waals surface area contributed by atoms with Gasteiger partial charge in [-0.15, -0.1) is 0 Å². The van der Waals surface area contributed by atoms with Crippen LogP contribution >= 0.6 is 0 Å². The molecule has 2 unspecified atom stereocenters. The third-order valence-electron chi connectivity index (χ3n) is 4.82. The van der Waals surface area contributed by atoms with E-state index in [0.29, 0.717) is 17.0 Å². The lowest BCUT2D eigenvalue weighted by Gasteiger charge is -2.19. The number of benzene rings is 2. The number of hydrogen-bond acceptors (Lipinski definition) is 4. The van der Waals surface area contributed by atoms with Gasteiger partial charge in [0.05, 0.1) is 19.1 Å². The highest BCUT2D eigenvalue weighted by atomic mass is 19.3. The van der Waals surface area contributed by atoms with Crippen LogP contribution in [0.25, 0.3) is 0 Å². The van der Waals surface area contributed by atoms with Crippen molar-refractivity contribution >= 4 is 17.5 Å². The van der Waals surface area contributed by atoms with Crippen LogP contribution < -0.4 is 19.7 Å². The molecule has 0 saturated carbocycles. The van der Waals surface area contributed by atoms with Gasteiger partial charge in [-0.05, 0) is 48.9 Å². The number of hydrogen-bond donors (Lipinski definition) is 1. The number of halogens is 2. The quantitative estimate of drug-likeness (QED) is 0.767. The van der Waals surface area contributed by atoms with Gasteiger partial charge in [-0.1, -0.05) is 12.1 Å². The van der Waals surface area contributed by atoms with E-state index in [-0.39, 0.29) is 30.5 Å². The summed E-state index contributed by atoms with van der Waals surface area (Å²) < 4.78 is 34.3. The first kappa shape index (κ1) is 20.6. The topological polar surface area (TPSA) is 67.9 Å². The van der Waals surface area contributed by atoms with Crippen molar-refractivity contribution in [3.63, 3.8) is 0 Å². The van der Waals surface area contributed by atoms with Gasteiger partial charge in [0.15, 0.2) is 0 Å². The number of amides is 2. The molecule has 0 bridgehead atoms. The van der Waals surface area contributed by atoms with E-state index in [0.717, 1.165) is 0 Å². The molecule has 1 aliphatic rings. The Morgan fingerprint density at radius 1 is 1.17 bits per heavy atom. The van der Waals surface area contributed by atoms with Gasteiger partial charge in [0.25, 0.3) is 0 Å². The van der Waals surface area contributed by atoms with Crippen molar-refractivity contribution in [2.24, 2.45) is 5.92 Å². The van der Waals surface area contributed by atoms with Crippen molar-refractivity contribution in [1.29, 1.82) is 0 Å². The molecule has 154 valence electrons. The van der Waals surface area contributed by atoms with Crippen LogP contribution in [0.5, 0.6) is 11.5 Å². The highest BCUT2D eigenvalue weighted by Gasteiger charge is 2.35. The lowest BCUT2D eigenvalue weighted by molar-refractivity contribution is -0.126. The second-order valence-electron chi connectivity index (χ2n) is 6.78. The van der Waals surface area contributed by atoms with E-state index < -0.39 is 18.6 Å². The molecule has 2 aromatic carbocycles. The van der Waals surface area contributed by atoms with Crippen LogP contribution in [0.2, 0.25) is 0 Å². The van der Waals surface area contributed by atoms with E-state index in [4.69, 9.17) is 4.74 Å². The van der Waals surface area contributed by atoms with Gasteiger partial charge in [-0.2, -0.15) is 8.78 Å². The molecule has 1 fully saturated rings. The zero-order valence-corrected chi connectivity index (χ0v) is 16.1. The molecule has 1 saturated heterocycles. The SMILES string of the molecule is COc1ccc(N2CC(C(=O)NC(C)c3cccc(OC(F)F)c3)CC2=O)cc1. The van der Waals surface area contributed by atoms with Gasteiger partial charge >= 0.3 is 6.61 Å². The third kappa shape index (κ3) is 5.01. The lowest BCUT2D eigenvalue weighted by atomic mass is 10.0. The van der Waals surface area contributed by atoms with E-state index >= 15 is 0 Å². The summed E-state index contributed by atoms with van der Waals surface area (Å²) in [7, 11) is 1.56. The van der Waals surface area contributed by atoms with E-state index in [1.54, 1.807) is 55.3 Å². The molecule has 2 atom stereocenters. The Bertz CT molecular complexity index is 873. The molecule has 6 nitrogen and oxygen atoms in total. The molecular weight excluding hydrogens is 382 g/mol. The van der Waals surface area contributed by atoms with Gasteiger partial charge in [0, 0.05) is 18.7 Å². The fourth-order valence-corrected chi connectivity index (χ4v) is 3.27. The Balaban J connectivity index is 1.62. The minimum Gasteiger partial charge on any atom is -0.497 e. The average molecular weight is 404 g/mol. The summed E-state index contributed by atoms with van der Waals surface area (Å²) in [6.07, 6.45) is 0.110. The first-order valence-electron chi connectivity index (χ1n) is 9.17. The van der Waals surface area contributed by atoms with Crippen molar-refractivity contribution in [3.8, 4) is 11.5 Å². The maximum absolute atomic E-state index is 12.7. The van der Waals surface area contributed by atoms with Crippen molar-refractivity contribution in [2.45, 2.75) is 26.0 Å². The summed E-state index contributed by atoms with van der Waals surface area (Å²) in [5.41, 5.74) is 1.34. The summed E-state index contributed by atoms with van der Waals surface area (Å²) in [6, 6.07) is 12.8. The number of alkyl halides is 2. The molecule has 1 aliphatic heterocycles. The number of nitrogens with zero attached hydrogens (tertiary/aromatic N) is 1. The molecule has 2 aromatic rings. The third-order valence-corrected chi connectivity index (χ3v) is 4.82. The summed E-state index contributed by atoms with van der Waals surface area (Å²) in [5, 5.41) is 2.85. The highest BCUT2D eigenvalue weighted by Crippen LogP contribution is 2.28. The lowest BCUT2D eigenvalue weighted by Crippen LogP contribution is -2.34. The number of carbonyl (C=O) groups excluding carboxylic acids is 2. The minimum atomic E-state index is -2.91. The van der Waals surface area contributed by atoms with Crippen LogP contribution in [-0.4, -0.2) is 32.1 Å². The van der Waals surface area contributed by atoms with Crippen LogP contribution in [0.15, 0.2) is 48.5 Å². The monoisotopic (exact) mass is 404 g/mol. The molecule has 1 N–H and O–H groups in total. The van der Waals surface area contributed by atoms with Gasteiger partial charge in [-0.3, -0.25) is 9.59 Å². The summed E-state index contributed by atoms with van der Waals surface area (Å²) in [4.78, 5) is 26.6. The largest absolute Gasteiger partial charge is 0.497 e. The number of rotatable bonds is 7. The predicted octanol–water partition coefficient (Wildman–Crippen LogP) is 3.53. The van der Waals surface area contributed by atoms with Crippen LogP contribution in [0.1, 0.15) is 24.9 Å². The molecule has 3 rings (SSSR count). The van der Waals surface area contributed by atoms with E-state index in [1.807, 2.05) is 0 Å². The normalized spacial score (nSPS) is 17.3. The molecule has 2 amide bonds. The summed E-state index contributed by atoms with van der Waals surface area (Å²) in [5.74, 6) is -0.174. The first-order valence-corrected chi connectivity index (χ1v) is 9.17. The van der Waals surface area contributed by atoms with Crippen molar-refractivity contribution in [3.05, 3.63) is 54.1 Å². The van der Waals surface area contributed by atoms with Crippen LogP contribution in [0.3, 0.4) is 0 Å². The first-order chi connectivity index (χ1) is 13.9. The molecule has 8 heteroatoms. The smallest absolute Gasteiger partial charge is 0.387 e. The number of carbonyl (C=O) groups is 2. The zero-order chi connectivity index (χ0) is 21.0. The molecular formula is C21H22F2N2O4. The maximum Gasteiger partial charge on any atom is 0.387 e. The Labute approximate surface area is 167 Å². The Kier molecular flexibility index (Phi) is 6.31. The maximum atomic E-state index is 12.7. The van der Waals surface area contributed by atoms with E-state index in [2.05, 4.69) is 10.1 Å². The predicted molar refractivity (Wildman–Crippen MR) is 103 cm³/mol. The van der Waals surface area contributed by atoms with Gasteiger partial charge in [-0.25, -0.2) is 0 Å². The molecule has 0 radical (unpaired) electrons. The Morgan fingerprint density at radius 3 is 2.55 bits per heavy atom. The number of methoxy groups -OCH3 is 1. The number of anilines is 1. The van der Waals surface area contributed by atoms with Crippen molar-refractivity contribution in [2.75, 3.05) is 18.6 Å². The van der Waals surface area contributed by atoms with E-state index in [1.165, 1.54) is 12.1 Å². The van der Waals surface area contributed by atoms with Gasteiger partial charge in [0.1, 0.15) is 11.5 Å². The number of nitrogens with one attached hydrogen (secondary N) is 1. The van der Waals surface area contributed by atoms with E-state index in [9.17, 15) is 18.4 Å². The summed E-state index contributed by atoms with van der Waals surface area (Å²) in [6.45, 7) is -0.890. The zero-order valence-electron chi connectivity index (χ0n) is 16.1. The van der Waals surface area contributed by atoms with Gasteiger partial charge in [0.2, 0.25) is 11.8 Å². The second kappa shape index (κ2) is 8.89. The molecule has 0 aliphatic carbocycles. The average Bonchev–Trinajstić information content (AvgIpc) is 3.09. The van der Waals surface area contributed by atoms with Crippen molar-refractivity contribution < 1.29 is 27.8 Å². The van der Waals surface area contributed by atoms with Crippen LogP contribution in [0, 0.1) is 5.92 Å². The molecule has 1 heterocycles. The Morgan fingerprint density at radius 2 is 1.90 bits per heavy atom. The minimum absolute atomic E-state index is 0.0281. The Hall–Kier alpha value is -3.16. The molecule has 0 spiro atoms. The summed E-state index contributed by atoms with van der Waals surface area (Å²) >= 11 is 0. The highest BCUT2D eigenvalue weighted by molar-refractivity contribution is 6.00. The standard InChI is InChI=1S/C21H22F2N2O4/c1-13(14-4-3-5-18(10-14)29-21(22)23)24-20(27)15-11-19(26)25(12-15)16-6-8-17(28-2)9-7-16/h3-10,13,15,21H,11-12H2,1-2H3,(H,24,27). The molecule has 0 aromatic heterocycles. The molecule has 29 heavy (non-hydrogen) atoms.